The highest BCUT2D eigenvalue weighted by atomic mass is 32.1. The molecule has 1 atom stereocenters. The van der Waals surface area contributed by atoms with Crippen LogP contribution < -0.4 is 23.8 Å². The lowest BCUT2D eigenvalue weighted by molar-refractivity contribution is -0.132. The minimum Gasteiger partial charge on any atom is -0.507 e. The van der Waals surface area contributed by atoms with Crippen LogP contribution in [0.5, 0.6) is 23.0 Å². The number of hydrogen-bond acceptors (Lipinski definition) is 10. The lowest BCUT2D eigenvalue weighted by atomic mass is 9.95. The van der Waals surface area contributed by atoms with Crippen LogP contribution in [0.2, 0.25) is 0 Å². The smallest absolute Gasteiger partial charge is 0.301 e. The normalized spacial score (nSPS) is 17.3. The number of rotatable bonds is 11. The van der Waals surface area contributed by atoms with Gasteiger partial charge in [-0.05, 0) is 56.2 Å². The number of benzene rings is 2. The molecule has 0 aliphatic carbocycles. The van der Waals surface area contributed by atoms with E-state index in [1.807, 2.05) is 6.92 Å². The standard InChI is InChI=1S/C32H34N2O8S/c1-5-7-8-13-40-22-11-9-20(16-24(22)39-6-2)27-26(28(36)21-10-12-23-25(17-21)42-15-14-41-23)29(37)31(38)34(27)32-33-18(3)30(43-32)19(4)35/h9-12,16-17,27,36H,5-8,13-15H2,1-4H3/t27-/m0/s1. The number of hydrogen-bond donors (Lipinski definition) is 1. The molecule has 1 aromatic heterocycles. The average molecular weight is 607 g/mol. The zero-order valence-corrected chi connectivity index (χ0v) is 25.4. The van der Waals surface area contributed by atoms with Gasteiger partial charge < -0.3 is 24.1 Å². The lowest BCUT2D eigenvalue weighted by Gasteiger charge is -2.24. The van der Waals surface area contributed by atoms with Gasteiger partial charge in [0.1, 0.15) is 19.0 Å². The van der Waals surface area contributed by atoms with E-state index in [2.05, 4.69) is 11.9 Å². The van der Waals surface area contributed by atoms with E-state index < -0.39 is 17.7 Å². The SMILES string of the molecule is CCCCCOc1ccc([C@H]2C(=C(O)c3ccc4c(c3)OCCO4)C(=O)C(=O)N2c2nc(C)c(C(C)=O)s2)cc1OCC. The predicted molar refractivity (Wildman–Crippen MR) is 162 cm³/mol. The van der Waals surface area contributed by atoms with E-state index in [9.17, 15) is 19.5 Å². The van der Waals surface area contributed by atoms with E-state index in [1.165, 1.54) is 11.8 Å². The highest BCUT2D eigenvalue weighted by Gasteiger charge is 2.48. The van der Waals surface area contributed by atoms with E-state index in [0.29, 0.717) is 65.6 Å². The Morgan fingerprint density at radius 1 is 1.05 bits per heavy atom. The second kappa shape index (κ2) is 12.9. The first-order chi connectivity index (χ1) is 20.7. The molecule has 0 saturated carbocycles. The highest BCUT2D eigenvalue weighted by Crippen LogP contribution is 2.46. The van der Waals surface area contributed by atoms with Crippen LogP contribution in [0.4, 0.5) is 5.13 Å². The topological polar surface area (TPSA) is 124 Å². The molecular formula is C32H34N2O8S. The number of ether oxygens (including phenoxy) is 4. The van der Waals surface area contributed by atoms with E-state index >= 15 is 0 Å². The zero-order valence-electron chi connectivity index (χ0n) is 24.6. The number of thiazole rings is 1. The van der Waals surface area contributed by atoms with E-state index in [4.69, 9.17) is 18.9 Å². The molecular weight excluding hydrogens is 572 g/mol. The molecule has 2 aromatic carbocycles. The summed E-state index contributed by atoms with van der Waals surface area (Å²) in [7, 11) is 0. The van der Waals surface area contributed by atoms with Crippen molar-refractivity contribution in [3.05, 3.63) is 63.7 Å². The molecule has 0 bridgehead atoms. The minimum atomic E-state index is -1.06. The first-order valence-electron chi connectivity index (χ1n) is 14.3. The van der Waals surface area contributed by atoms with Crippen LogP contribution in [0, 0.1) is 6.92 Å². The van der Waals surface area contributed by atoms with Crippen molar-refractivity contribution in [2.24, 2.45) is 0 Å². The van der Waals surface area contributed by atoms with Gasteiger partial charge in [0.15, 0.2) is 33.9 Å². The summed E-state index contributed by atoms with van der Waals surface area (Å²) in [4.78, 5) is 45.7. The number of carbonyl (C=O) groups is 3. The zero-order chi connectivity index (χ0) is 30.7. The van der Waals surface area contributed by atoms with E-state index in [1.54, 1.807) is 43.3 Å². The summed E-state index contributed by atoms with van der Waals surface area (Å²) in [6, 6.07) is 8.96. The van der Waals surface area contributed by atoms with Gasteiger partial charge in [0.05, 0.1) is 35.4 Å². The molecule has 10 nitrogen and oxygen atoms in total. The first kappa shape index (κ1) is 30.1. The molecule has 0 unspecified atom stereocenters. The number of unbranched alkanes of at least 4 members (excludes halogenated alkanes) is 2. The minimum absolute atomic E-state index is 0.127. The molecule has 11 heteroatoms. The van der Waals surface area contributed by atoms with Crippen molar-refractivity contribution in [1.82, 2.24) is 4.98 Å². The lowest BCUT2D eigenvalue weighted by Crippen LogP contribution is -2.29. The number of aryl methyl sites for hydroxylation is 1. The Hall–Kier alpha value is -4.38. The van der Waals surface area contributed by atoms with Crippen molar-refractivity contribution in [3.63, 3.8) is 0 Å². The van der Waals surface area contributed by atoms with Gasteiger partial charge in [-0.15, -0.1) is 0 Å². The maximum Gasteiger partial charge on any atom is 0.301 e. The summed E-state index contributed by atoms with van der Waals surface area (Å²) in [5.74, 6) is -0.403. The quantitative estimate of drug-likeness (QED) is 0.0917. The molecule has 43 heavy (non-hydrogen) atoms. The number of carbonyl (C=O) groups excluding carboxylic acids is 3. The Bertz CT molecular complexity index is 1590. The van der Waals surface area contributed by atoms with Crippen LogP contribution in [0.15, 0.2) is 42.0 Å². The van der Waals surface area contributed by atoms with Gasteiger partial charge in [-0.1, -0.05) is 37.2 Å². The second-order valence-corrected chi connectivity index (χ2v) is 11.2. The van der Waals surface area contributed by atoms with Crippen LogP contribution >= 0.6 is 11.3 Å². The van der Waals surface area contributed by atoms with Crippen LogP contribution in [0.3, 0.4) is 0 Å². The van der Waals surface area contributed by atoms with Crippen molar-refractivity contribution in [2.45, 2.75) is 53.0 Å². The number of aliphatic hydroxyl groups excluding tert-OH is 1. The maximum absolute atomic E-state index is 13.7. The molecule has 0 spiro atoms. The molecule has 5 rings (SSSR count). The number of aliphatic hydroxyl groups is 1. The van der Waals surface area contributed by atoms with Crippen molar-refractivity contribution >= 4 is 39.7 Å². The number of aromatic nitrogens is 1. The van der Waals surface area contributed by atoms with Crippen molar-refractivity contribution in [3.8, 4) is 23.0 Å². The van der Waals surface area contributed by atoms with Crippen molar-refractivity contribution < 1.29 is 38.4 Å². The molecule has 1 fully saturated rings. The Kier molecular flexibility index (Phi) is 9.00. The third-order valence-electron chi connectivity index (χ3n) is 7.16. The van der Waals surface area contributed by atoms with E-state index in [-0.39, 0.29) is 27.8 Å². The number of fused-ring (bicyclic) bond motifs is 1. The summed E-state index contributed by atoms with van der Waals surface area (Å²) >= 11 is 1.03. The Balaban J connectivity index is 1.65. The molecule has 1 N–H and O–H groups in total. The number of amides is 1. The number of ketones is 2. The summed E-state index contributed by atoms with van der Waals surface area (Å²) < 4.78 is 23.2. The Morgan fingerprint density at radius 3 is 2.51 bits per heavy atom. The van der Waals surface area contributed by atoms with Gasteiger partial charge in [0.2, 0.25) is 0 Å². The highest BCUT2D eigenvalue weighted by molar-refractivity contribution is 7.18. The molecule has 3 aromatic rings. The van der Waals surface area contributed by atoms with Crippen LogP contribution in [-0.4, -0.2) is 54.0 Å². The molecule has 0 radical (unpaired) electrons. The van der Waals surface area contributed by atoms with Gasteiger partial charge in [-0.25, -0.2) is 4.98 Å². The van der Waals surface area contributed by atoms with Gasteiger partial charge in [0, 0.05) is 12.5 Å². The van der Waals surface area contributed by atoms with Gasteiger partial charge in [-0.2, -0.15) is 0 Å². The van der Waals surface area contributed by atoms with Crippen molar-refractivity contribution in [2.75, 3.05) is 31.3 Å². The second-order valence-electron chi connectivity index (χ2n) is 10.2. The Labute approximate surface area is 253 Å². The van der Waals surface area contributed by atoms with E-state index in [0.717, 1.165) is 30.6 Å². The predicted octanol–water partition coefficient (Wildman–Crippen LogP) is 6.02. The fourth-order valence-corrected chi connectivity index (χ4v) is 6.11. The first-order valence-corrected chi connectivity index (χ1v) is 15.2. The summed E-state index contributed by atoms with van der Waals surface area (Å²) in [6.45, 7) is 8.69. The van der Waals surface area contributed by atoms with Crippen LogP contribution in [0.1, 0.15) is 72.6 Å². The number of anilines is 1. The number of nitrogens with zero attached hydrogens (tertiary/aromatic N) is 2. The maximum atomic E-state index is 13.7. The third-order valence-corrected chi connectivity index (χ3v) is 8.42. The third kappa shape index (κ3) is 5.94. The largest absolute Gasteiger partial charge is 0.507 e. The molecule has 2 aliphatic rings. The molecule has 226 valence electrons. The fourth-order valence-electron chi connectivity index (χ4n) is 5.12. The summed E-state index contributed by atoms with van der Waals surface area (Å²) in [6.07, 6.45) is 2.98. The van der Waals surface area contributed by atoms with Gasteiger partial charge in [0.25, 0.3) is 5.78 Å². The molecule has 1 amide bonds. The number of Topliss-reactive ketones (excluding diaryl/α,β-unsaturated/α-hetero) is 2. The van der Waals surface area contributed by atoms with Gasteiger partial charge >= 0.3 is 5.91 Å². The van der Waals surface area contributed by atoms with Gasteiger partial charge in [-0.3, -0.25) is 19.3 Å². The summed E-state index contributed by atoms with van der Waals surface area (Å²) in [5.41, 5.74) is 1.11. The van der Waals surface area contributed by atoms with Crippen LogP contribution in [-0.2, 0) is 9.59 Å². The fraction of sp³-hybridized carbons (Fsp3) is 0.375. The molecule has 1 saturated heterocycles. The molecule has 3 heterocycles. The molecule has 2 aliphatic heterocycles. The summed E-state index contributed by atoms with van der Waals surface area (Å²) in [5, 5.41) is 11.8. The van der Waals surface area contributed by atoms with Crippen molar-refractivity contribution in [1.29, 1.82) is 0 Å². The Morgan fingerprint density at radius 2 is 1.81 bits per heavy atom. The van der Waals surface area contributed by atoms with Crippen LogP contribution in [0.25, 0.3) is 5.76 Å². The average Bonchev–Trinajstić information content (AvgIpc) is 3.51. The monoisotopic (exact) mass is 606 g/mol.